The highest BCUT2D eigenvalue weighted by molar-refractivity contribution is 6.24. The number of benzene rings is 8. The Labute approximate surface area is 296 Å². The van der Waals surface area contributed by atoms with Crippen LogP contribution in [0.4, 0.5) is 0 Å². The lowest BCUT2D eigenvalue weighted by molar-refractivity contribution is 0.669. The molecule has 4 nitrogen and oxygen atoms in total. The predicted octanol–water partition coefficient (Wildman–Crippen LogP) is 13.3. The number of para-hydroxylation sites is 4. The highest BCUT2D eigenvalue weighted by Gasteiger charge is 2.20. The first-order valence-corrected chi connectivity index (χ1v) is 17.7. The van der Waals surface area contributed by atoms with Gasteiger partial charge < -0.3 is 18.0 Å². The normalized spacial score (nSPS) is 12.2. The van der Waals surface area contributed by atoms with Gasteiger partial charge in [-0.1, -0.05) is 84.9 Å². The average molecular weight is 665 g/mol. The molecule has 0 amide bonds. The van der Waals surface area contributed by atoms with E-state index in [1.54, 1.807) is 0 Å². The number of furan rings is 2. The second-order valence-electron chi connectivity index (χ2n) is 13.7. The van der Waals surface area contributed by atoms with Crippen LogP contribution in [0.1, 0.15) is 0 Å². The van der Waals surface area contributed by atoms with E-state index in [-0.39, 0.29) is 0 Å². The van der Waals surface area contributed by atoms with Crippen molar-refractivity contribution in [3.8, 4) is 22.5 Å². The average Bonchev–Trinajstić information content (AvgIpc) is 3.95. The molecule has 0 radical (unpaired) electrons. The zero-order valence-electron chi connectivity index (χ0n) is 27.9. The molecule has 0 aliphatic carbocycles. The number of nitrogens with zero attached hydrogens (tertiary/aromatic N) is 2. The van der Waals surface area contributed by atoms with E-state index in [0.717, 1.165) is 77.2 Å². The lowest BCUT2D eigenvalue weighted by atomic mass is 10.00. The minimum absolute atomic E-state index is 0.900. The van der Waals surface area contributed by atoms with Crippen LogP contribution >= 0.6 is 0 Å². The van der Waals surface area contributed by atoms with Gasteiger partial charge in [0.25, 0.3) is 0 Å². The maximum Gasteiger partial charge on any atom is 0.145 e. The van der Waals surface area contributed by atoms with E-state index >= 15 is 0 Å². The van der Waals surface area contributed by atoms with Crippen LogP contribution in [0.15, 0.2) is 179 Å². The molecule has 4 heterocycles. The van der Waals surface area contributed by atoms with Crippen LogP contribution in [-0.4, -0.2) is 9.13 Å². The molecule has 0 fully saturated rings. The highest BCUT2D eigenvalue weighted by Crippen LogP contribution is 2.43. The summed E-state index contributed by atoms with van der Waals surface area (Å²) in [5.74, 6) is 0. The van der Waals surface area contributed by atoms with Crippen LogP contribution in [0.2, 0.25) is 0 Å². The number of fused-ring (bicyclic) bond motifs is 13. The molecule has 8 aromatic carbocycles. The number of rotatable bonds is 3. The molecule has 4 aromatic heterocycles. The highest BCUT2D eigenvalue weighted by atomic mass is 16.3. The first-order valence-electron chi connectivity index (χ1n) is 17.7. The molecule has 0 aliphatic heterocycles. The fourth-order valence-electron chi connectivity index (χ4n) is 8.60. The van der Waals surface area contributed by atoms with Gasteiger partial charge in [0.1, 0.15) is 22.3 Å². The summed E-state index contributed by atoms with van der Waals surface area (Å²) < 4.78 is 17.6. The summed E-state index contributed by atoms with van der Waals surface area (Å²) in [6, 6.07) is 60.7. The van der Waals surface area contributed by atoms with Gasteiger partial charge in [-0.05, 0) is 96.1 Å². The molecule has 0 bridgehead atoms. The zero-order valence-corrected chi connectivity index (χ0v) is 27.9. The lowest BCUT2D eigenvalue weighted by Crippen LogP contribution is -1.93. The maximum absolute atomic E-state index is 6.64. The predicted molar refractivity (Wildman–Crippen MR) is 215 cm³/mol. The van der Waals surface area contributed by atoms with E-state index in [9.17, 15) is 0 Å². The number of aromatic nitrogens is 2. The second kappa shape index (κ2) is 10.3. The fraction of sp³-hybridized carbons (Fsp3) is 0. The topological polar surface area (TPSA) is 36.1 Å². The van der Waals surface area contributed by atoms with E-state index in [4.69, 9.17) is 8.83 Å². The Bertz CT molecular complexity index is 3410. The minimum Gasteiger partial charge on any atom is -0.456 e. The third-order valence-electron chi connectivity index (χ3n) is 10.9. The van der Waals surface area contributed by atoms with Gasteiger partial charge in [0.05, 0.1) is 27.5 Å². The third kappa shape index (κ3) is 3.75. The van der Waals surface area contributed by atoms with Gasteiger partial charge in [-0.2, -0.15) is 0 Å². The SMILES string of the molecule is c1ccc(-n2c3ccc(-c4ccc5c(c4)c4ccccc4n5-c4ccc5oc6ccccc6c5c4)cc3c3c4oc5ccccc5c4ccc32)cc1. The van der Waals surface area contributed by atoms with E-state index in [0.29, 0.717) is 0 Å². The molecular formula is C48H28N2O2. The van der Waals surface area contributed by atoms with Crippen LogP contribution < -0.4 is 0 Å². The molecule has 0 saturated heterocycles. The van der Waals surface area contributed by atoms with Crippen molar-refractivity contribution in [2.24, 2.45) is 0 Å². The molecule has 52 heavy (non-hydrogen) atoms. The molecular weight excluding hydrogens is 637 g/mol. The van der Waals surface area contributed by atoms with Crippen LogP contribution in [0, 0.1) is 0 Å². The zero-order chi connectivity index (χ0) is 33.9. The minimum atomic E-state index is 0.900. The monoisotopic (exact) mass is 664 g/mol. The largest absolute Gasteiger partial charge is 0.456 e. The Morgan fingerprint density at radius 3 is 1.69 bits per heavy atom. The summed E-state index contributed by atoms with van der Waals surface area (Å²) >= 11 is 0. The molecule has 242 valence electrons. The first kappa shape index (κ1) is 27.7. The Morgan fingerprint density at radius 1 is 0.308 bits per heavy atom. The number of hydrogen-bond donors (Lipinski definition) is 0. The summed E-state index contributed by atoms with van der Waals surface area (Å²) in [5.41, 5.74) is 12.8. The van der Waals surface area contributed by atoms with Gasteiger partial charge >= 0.3 is 0 Å². The fourth-order valence-corrected chi connectivity index (χ4v) is 8.60. The Kier molecular flexibility index (Phi) is 5.47. The van der Waals surface area contributed by atoms with Crippen LogP contribution in [0.25, 0.3) is 110 Å². The molecule has 0 spiro atoms. The van der Waals surface area contributed by atoms with Gasteiger partial charge in [-0.25, -0.2) is 0 Å². The van der Waals surface area contributed by atoms with Crippen molar-refractivity contribution >= 4 is 87.5 Å². The van der Waals surface area contributed by atoms with Gasteiger partial charge in [-0.3, -0.25) is 0 Å². The summed E-state index contributed by atoms with van der Waals surface area (Å²) in [6.07, 6.45) is 0. The smallest absolute Gasteiger partial charge is 0.145 e. The molecule has 12 aromatic rings. The van der Waals surface area contributed by atoms with Crippen LogP contribution in [0.3, 0.4) is 0 Å². The van der Waals surface area contributed by atoms with Crippen molar-refractivity contribution < 1.29 is 8.83 Å². The summed E-state index contributed by atoms with van der Waals surface area (Å²) in [4.78, 5) is 0. The molecule has 0 unspecified atom stereocenters. The maximum atomic E-state index is 6.64. The first-order chi connectivity index (χ1) is 25.8. The Hall–Kier alpha value is -7.04. The van der Waals surface area contributed by atoms with E-state index < -0.39 is 0 Å². The lowest BCUT2D eigenvalue weighted by Gasteiger charge is -2.09. The van der Waals surface area contributed by atoms with Crippen molar-refractivity contribution in [2.45, 2.75) is 0 Å². The van der Waals surface area contributed by atoms with E-state index in [1.807, 2.05) is 18.2 Å². The standard InChI is InChI=1S/C48H28N2O2/c1-2-10-31(11-3-1)49-42-23-19-30(27-39(42)47-43(49)24-21-36-34-13-5-9-17-45(34)52-48(36)47)29-18-22-41-37(26-29)33-12-4-7-15-40(33)50(41)32-20-25-46-38(28-32)35-14-6-8-16-44(35)51-46/h1-28H. The molecule has 12 rings (SSSR count). The molecule has 4 heteroatoms. The van der Waals surface area contributed by atoms with Crippen molar-refractivity contribution in [3.63, 3.8) is 0 Å². The summed E-state index contributed by atoms with van der Waals surface area (Å²) in [5, 5.41) is 9.27. The van der Waals surface area contributed by atoms with Crippen molar-refractivity contribution in [2.75, 3.05) is 0 Å². The van der Waals surface area contributed by atoms with E-state index in [1.165, 1.54) is 32.8 Å². The third-order valence-corrected chi connectivity index (χ3v) is 10.9. The van der Waals surface area contributed by atoms with Crippen molar-refractivity contribution in [1.82, 2.24) is 9.13 Å². The van der Waals surface area contributed by atoms with Crippen molar-refractivity contribution in [1.29, 1.82) is 0 Å². The Morgan fingerprint density at radius 2 is 0.885 bits per heavy atom. The second-order valence-corrected chi connectivity index (χ2v) is 13.7. The van der Waals surface area contributed by atoms with Crippen LogP contribution in [-0.2, 0) is 0 Å². The quantitative estimate of drug-likeness (QED) is 0.188. The van der Waals surface area contributed by atoms with E-state index in [2.05, 4.69) is 161 Å². The van der Waals surface area contributed by atoms with Gasteiger partial charge in [-0.15, -0.1) is 0 Å². The number of hydrogen-bond acceptors (Lipinski definition) is 2. The van der Waals surface area contributed by atoms with Gasteiger partial charge in [0.2, 0.25) is 0 Å². The van der Waals surface area contributed by atoms with Gasteiger partial charge in [0, 0.05) is 49.1 Å². The Balaban J connectivity index is 1.10. The summed E-state index contributed by atoms with van der Waals surface area (Å²) in [6.45, 7) is 0. The molecule has 0 aliphatic rings. The summed E-state index contributed by atoms with van der Waals surface area (Å²) in [7, 11) is 0. The molecule has 0 atom stereocenters. The van der Waals surface area contributed by atoms with Gasteiger partial charge in [0.15, 0.2) is 0 Å². The molecule has 0 N–H and O–H groups in total. The molecule has 0 saturated carbocycles. The van der Waals surface area contributed by atoms with Crippen LogP contribution in [0.5, 0.6) is 0 Å². The van der Waals surface area contributed by atoms with Crippen molar-refractivity contribution in [3.05, 3.63) is 170 Å².